The number of nitrogens with one attached hydrogen (secondary N) is 1. The summed E-state index contributed by atoms with van der Waals surface area (Å²) in [6.45, 7) is 9.63. The Balaban J connectivity index is 2.97. The molecular weight excluding hydrogens is 190 g/mol. The molecule has 0 aromatic carbocycles. The summed E-state index contributed by atoms with van der Waals surface area (Å²) in [4.78, 5) is 11.1. The van der Waals surface area contributed by atoms with Gasteiger partial charge in [-0.2, -0.15) is 5.10 Å². The van der Waals surface area contributed by atoms with Gasteiger partial charge in [-0.3, -0.25) is 9.48 Å². The Morgan fingerprint density at radius 3 is 2.60 bits per heavy atom. The van der Waals surface area contributed by atoms with E-state index in [4.69, 9.17) is 0 Å². The minimum atomic E-state index is -0.224. The molecule has 0 atom stereocenters. The SMILES string of the molecule is C=CC(=O)Nc1cc(C(C)(C)C)nn1C. The van der Waals surface area contributed by atoms with E-state index in [0.717, 1.165) is 5.69 Å². The number of carbonyl (C=O) groups excluding carboxylic acids is 1. The molecule has 4 nitrogen and oxygen atoms in total. The third-order valence-corrected chi connectivity index (χ3v) is 2.08. The Labute approximate surface area is 90.0 Å². The normalized spacial score (nSPS) is 11.2. The lowest BCUT2D eigenvalue weighted by Gasteiger charge is -2.13. The largest absolute Gasteiger partial charge is 0.307 e. The van der Waals surface area contributed by atoms with Crippen LogP contribution in [0, 0.1) is 0 Å². The molecule has 0 bridgehead atoms. The van der Waals surface area contributed by atoms with Crippen molar-refractivity contribution in [3.05, 3.63) is 24.4 Å². The van der Waals surface area contributed by atoms with Gasteiger partial charge < -0.3 is 5.32 Å². The average Bonchev–Trinajstić information content (AvgIpc) is 2.47. The van der Waals surface area contributed by atoms with Crippen LogP contribution in [0.1, 0.15) is 26.5 Å². The van der Waals surface area contributed by atoms with Crippen LogP contribution in [0.4, 0.5) is 5.82 Å². The van der Waals surface area contributed by atoms with E-state index in [-0.39, 0.29) is 11.3 Å². The van der Waals surface area contributed by atoms with Gasteiger partial charge in [0.1, 0.15) is 5.82 Å². The number of hydrogen-bond donors (Lipinski definition) is 1. The smallest absolute Gasteiger partial charge is 0.248 e. The molecule has 1 rings (SSSR count). The van der Waals surface area contributed by atoms with Gasteiger partial charge in [-0.25, -0.2) is 0 Å². The van der Waals surface area contributed by atoms with Gasteiger partial charge >= 0.3 is 0 Å². The zero-order valence-corrected chi connectivity index (χ0v) is 9.66. The number of nitrogens with zero attached hydrogens (tertiary/aromatic N) is 2. The zero-order chi connectivity index (χ0) is 11.6. The minimum absolute atomic E-state index is 0.0189. The molecule has 0 fully saturated rings. The Morgan fingerprint density at radius 1 is 1.60 bits per heavy atom. The molecular formula is C11H17N3O. The monoisotopic (exact) mass is 207 g/mol. The molecule has 0 aliphatic heterocycles. The fraction of sp³-hybridized carbons (Fsp3) is 0.455. The van der Waals surface area contributed by atoms with E-state index in [1.54, 1.807) is 11.7 Å². The lowest BCUT2D eigenvalue weighted by Crippen LogP contribution is -2.12. The van der Waals surface area contributed by atoms with Crippen molar-refractivity contribution in [2.45, 2.75) is 26.2 Å². The van der Waals surface area contributed by atoms with Crippen LogP contribution in [-0.4, -0.2) is 15.7 Å². The molecule has 15 heavy (non-hydrogen) atoms. The van der Waals surface area contributed by atoms with Crippen LogP contribution in [0.25, 0.3) is 0 Å². The molecule has 1 aromatic rings. The van der Waals surface area contributed by atoms with E-state index in [2.05, 4.69) is 37.8 Å². The Bertz CT molecular complexity index is 385. The molecule has 1 amide bonds. The molecule has 1 heterocycles. The van der Waals surface area contributed by atoms with E-state index in [1.807, 2.05) is 6.07 Å². The van der Waals surface area contributed by atoms with Crippen molar-refractivity contribution in [1.29, 1.82) is 0 Å². The molecule has 82 valence electrons. The van der Waals surface area contributed by atoms with Gasteiger partial charge in [0, 0.05) is 18.5 Å². The van der Waals surface area contributed by atoms with Gasteiger partial charge in [0.25, 0.3) is 0 Å². The molecule has 0 aliphatic carbocycles. The van der Waals surface area contributed by atoms with Crippen LogP contribution in [0.15, 0.2) is 18.7 Å². The molecule has 0 saturated heterocycles. The lowest BCUT2D eigenvalue weighted by molar-refractivity contribution is -0.111. The van der Waals surface area contributed by atoms with E-state index in [9.17, 15) is 4.79 Å². The molecule has 0 saturated carbocycles. The van der Waals surface area contributed by atoms with Crippen molar-refractivity contribution in [3.8, 4) is 0 Å². The molecule has 1 N–H and O–H groups in total. The van der Waals surface area contributed by atoms with Crippen molar-refractivity contribution in [3.63, 3.8) is 0 Å². The second kappa shape index (κ2) is 3.88. The van der Waals surface area contributed by atoms with Crippen molar-refractivity contribution >= 4 is 11.7 Å². The fourth-order valence-corrected chi connectivity index (χ4v) is 1.13. The van der Waals surface area contributed by atoms with E-state index in [0.29, 0.717) is 5.82 Å². The van der Waals surface area contributed by atoms with Gasteiger partial charge in [0.2, 0.25) is 5.91 Å². The summed E-state index contributed by atoms with van der Waals surface area (Å²) >= 11 is 0. The first-order valence-electron chi connectivity index (χ1n) is 4.82. The first-order valence-corrected chi connectivity index (χ1v) is 4.82. The van der Waals surface area contributed by atoms with Gasteiger partial charge in [0.05, 0.1) is 5.69 Å². The van der Waals surface area contributed by atoms with Crippen molar-refractivity contribution in [2.24, 2.45) is 7.05 Å². The summed E-state index contributed by atoms with van der Waals surface area (Å²) in [6.07, 6.45) is 1.24. The molecule has 0 unspecified atom stereocenters. The zero-order valence-electron chi connectivity index (χ0n) is 9.66. The number of rotatable bonds is 2. The quantitative estimate of drug-likeness (QED) is 0.752. The maximum absolute atomic E-state index is 11.1. The summed E-state index contributed by atoms with van der Waals surface area (Å²) in [5.41, 5.74) is 0.930. The highest BCUT2D eigenvalue weighted by Crippen LogP contribution is 2.23. The van der Waals surface area contributed by atoms with Crippen LogP contribution >= 0.6 is 0 Å². The third-order valence-electron chi connectivity index (χ3n) is 2.08. The Kier molecular flexibility index (Phi) is 2.98. The van der Waals surface area contributed by atoms with Crippen molar-refractivity contribution in [1.82, 2.24) is 9.78 Å². The highest BCUT2D eigenvalue weighted by Gasteiger charge is 2.19. The average molecular weight is 207 g/mol. The summed E-state index contributed by atoms with van der Waals surface area (Å²) in [6, 6.07) is 1.88. The first-order chi connectivity index (χ1) is 6.84. The van der Waals surface area contributed by atoms with Crippen molar-refractivity contribution < 1.29 is 4.79 Å². The lowest BCUT2D eigenvalue weighted by atomic mass is 9.92. The maximum atomic E-state index is 11.1. The molecule has 1 aromatic heterocycles. The predicted molar refractivity (Wildman–Crippen MR) is 60.7 cm³/mol. The topological polar surface area (TPSA) is 46.9 Å². The summed E-state index contributed by atoms with van der Waals surface area (Å²) in [5, 5.41) is 7.03. The van der Waals surface area contributed by atoms with Gasteiger partial charge in [-0.05, 0) is 6.08 Å². The minimum Gasteiger partial charge on any atom is -0.307 e. The Morgan fingerprint density at radius 2 is 2.20 bits per heavy atom. The number of aromatic nitrogens is 2. The molecule has 0 spiro atoms. The predicted octanol–water partition coefficient (Wildman–Crippen LogP) is 1.84. The first kappa shape index (κ1) is 11.5. The number of anilines is 1. The van der Waals surface area contributed by atoms with Crippen LogP contribution in [0.2, 0.25) is 0 Å². The molecule has 0 aliphatic rings. The maximum Gasteiger partial charge on any atom is 0.248 e. The van der Waals surface area contributed by atoms with Gasteiger partial charge in [-0.15, -0.1) is 0 Å². The van der Waals surface area contributed by atoms with Gasteiger partial charge in [0.15, 0.2) is 0 Å². The van der Waals surface area contributed by atoms with Crippen LogP contribution in [-0.2, 0) is 17.3 Å². The van der Waals surface area contributed by atoms with Crippen molar-refractivity contribution in [2.75, 3.05) is 5.32 Å². The fourth-order valence-electron chi connectivity index (χ4n) is 1.13. The van der Waals surface area contributed by atoms with E-state index < -0.39 is 0 Å². The molecule has 0 radical (unpaired) electrons. The summed E-state index contributed by atoms with van der Waals surface area (Å²) in [5.74, 6) is 0.461. The number of carbonyl (C=O) groups is 1. The second-order valence-electron chi connectivity index (χ2n) is 4.48. The van der Waals surface area contributed by atoms with E-state index in [1.165, 1.54) is 6.08 Å². The van der Waals surface area contributed by atoms with E-state index >= 15 is 0 Å². The number of hydrogen-bond acceptors (Lipinski definition) is 2. The molecule has 4 heteroatoms. The van der Waals surface area contributed by atoms with Crippen LogP contribution in [0.3, 0.4) is 0 Å². The second-order valence-corrected chi connectivity index (χ2v) is 4.48. The Hall–Kier alpha value is -1.58. The third kappa shape index (κ3) is 2.68. The summed E-state index contributed by atoms with van der Waals surface area (Å²) in [7, 11) is 1.80. The van der Waals surface area contributed by atoms with Gasteiger partial charge in [-0.1, -0.05) is 27.4 Å². The highest BCUT2D eigenvalue weighted by atomic mass is 16.1. The van der Waals surface area contributed by atoms with Crippen LogP contribution in [0.5, 0.6) is 0 Å². The van der Waals surface area contributed by atoms with Crippen LogP contribution < -0.4 is 5.32 Å². The number of amides is 1. The highest BCUT2D eigenvalue weighted by molar-refractivity contribution is 5.98. The summed E-state index contributed by atoms with van der Waals surface area (Å²) < 4.78 is 1.65. The standard InChI is InChI=1S/C11H17N3O/c1-6-10(15)12-9-7-8(11(2,3)4)13-14(9)5/h6-7H,1H2,2-5H3,(H,12,15). The number of aryl methyl sites for hydroxylation is 1.